The first-order valence-electron chi connectivity index (χ1n) is 9.20. The van der Waals surface area contributed by atoms with Crippen molar-refractivity contribution >= 4 is 33.0 Å². The number of benzene rings is 1. The number of hydrogen-bond acceptors (Lipinski definition) is 3. The van der Waals surface area contributed by atoms with Crippen LogP contribution in [0.4, 0.5) is 5.69 Å². The van der Waals surface area contributed by atoms with Crippen molar-refractivity contribution in [1.29, 1.82) is 0 Å². The summed E-state index contributed by atoms with van der Waals surface area (Å²) >= 11 is 5.43. The predicted molar refractivity (Wildman–Crippen MR) is 103 cm³/mol. The summed E-state index contributed by atoms with van der Waals surface area (Å²) < 4.78 is 26.6. The number of rotatable bonds is 4. The average molecular weight is 380 g/mol. The molecule has 2 aliphatic carbocycles. The van der Waals surface area contributed by atoms with Crippen molar-refractivity contribution in [2.75, 3.05) is 18.4 Å². The summed E-state index contributed by atoms with van der Waals surface area (Å²) in [6.07, 6.45) is 7.14. The number of fused-ring (bicyclic) bond motifs is 2. The summed E-state index contributed by atoms with van der Waals surface area (Å²) in [4.78, 5) is 0.354. The van der Waals surface area contributed by atoms with Crippen molar-refractivity contribution in [1.82, 2.24) is 9.62 Å². The third kappa shape index (κ3) is 3.55. The van der Waals surface area contributed by atoms with Crippen LogP contribution in [-0.4, -0.2) is 37.0 Å². The smallest absolute Gasteiger partial charge is 0.243 e. The highest BCUT2D eigenvalue weighted by Crippen LogP contribution is 2.44. The van der Waals surface area contributed by atoms with Gasteiger partial charge in [0.25, 0.3) is 0 Å². The molecule has 0 aromatic heterocycles. The minimum atomic E-state index is -3.35. The van der Waals surface area contributed by atoms with Crippen molar-refractivity contribution < 1.29 is 8.42 Å². The lowest BCUT2D eigenvalue weighted by atomic mass is 9.96. The van der Waals surface area contributed by atoms with E-state index < -0.39 is 10.0 Å². The zero-order valence-electron chi connectivity index (χ0n) is 14.3. The van der Waals surface area contributed by atoms with Crippen LogP contribution >= 0.6 is 12.2 Å². The maximum Gasteiger partial charge on any atom is 0.243 e. The van der Waals surface area contributed by atoms with Gasteiger partial charge in [-0.2, -0.15) is 4.31 Å². The minimum Gasteiger partial charge on any atom is -0.359 e. The first-order chi connectivity index (χ1) is 12.0. The number of nitrogens with one attached hydrogen (secondary N) is 2. The van der Waals surface area contributed by atoms with Gasteiger partial charge in [-0.1, -0.05) is 6.42 Å². The summed E-state index contributed by atoms with van der Waals surface area (Å²) in [5.41, 5.74) is 0.820. The van der Waals surface area contributed by atoms with Gasteiger partial charge in [0, 0.05) is 24.8 Å². The Hall–Kier alpha value is -1.18. The molecular weight excluding hydrogens is 354 g/mol. The van der Waals surface area contributed by atoms with Gasteiger partial charge >= 0.3 is 0 Å². The van der Waals surface area contributed by atoms with Gasteiger partial charge in [-0.3, -0.25) is 0 Å². The van der Waals surface area contributed by atoms with E-state index in [0.29, 0.717) is 29.1 Å². The molecule has 2 N–H and O–H groups in total. The van der Waals surface area contributed by atoms with Gasteiger partial charge < -0.3 is 10.6 Å². The maximum absolute atomic E-state index is 12.5. The van der Waals surface area contributed by atoms with Crippen molar-refractivity contribution in [3.05, 3.63) is 24.3 Å². The Kier molecular flexibility index (Phi) is 4.73. The molecule has 0 unspecified atom stereocenters. The lowest BCUT2D eigenvalue weighted by Gasteiger charge is -2.24. The Labute approximate surface area is 155 Å². The van der Waals surface area contributed by atoms with Gasteiger partial charge in [-0.25, -0.2) is 8.42 Å². The lowest BCUT2D eigenvalue weighted by Crippen LogP contribution is -2.40. The predicted octanol–water partition coefficient (Wildman–Crippen LogP) is 2.95. The average Bonchev–Trinajstić information content (AvgIpc) is 3.33. The van der Waals surface area contributed by atoms with E-state index in [4.69, 9.17) is 12.2 Å². The normalized spacial score (nSPS) is 29.0. The van der Waals surface area contributed by atoms with Crippen LogP contribution in [-0.2, 0) is 10.0 Å². The zero-order chi connectivity index (χ0) is 17.4. The number of thiocarbonyl (C=S) groups is 1. The largest absolute Gasteiger partial charge is 0.359 e. The Morgan fingerprint density at radius 3 is 2.40 bits per heavy atom. The second kappa shape index (κ2) is 6.85. The Morgan fingerprint density at radius 2 is 1.80 bits per heavy atom. The summed E-state index contributed by atoms with van der Waals surface area (Å²) in [5.74, 6) is 1.64. The molecule has 3 fully saturated rings. The minimum absolute atomic E-state index is 0.354. The highest BCUT2D eigenvalue weighted by Gasteiger charge is 2.39. The molecule has 1 aliphatic heterocycles. The van der Waals surface area contributed by atoms with Crippen LogP contribution in [0.2, 0.25) is 0 Å². The first-order valence-corrected chi connectivity index (χ1v) is 11.0. The monoisotopic (exact) mass is 379 g/mol. The molecule has 1 aromatic carbocycles. The van der Waals surface area contributed by atoms with Gasteiger partial charge in [-0.05, 0) is 80.4 Å². The fourth-order valence-corrected chi connectivity index (χ4v) is 6.33. The third-order valence-electron chi connectivity index (χ3n) is 5.87. The molecule has 3 atom stereocenters. The molecule has 3 aliphatic rings. The second-order valence-corrected chi connectivity index (χ2v) is 9.86. The van der Waals surface area contributed by atoms with Crippen molar-refractivity contribution in [2.24, 2.45) is 11.8 Å². The van der Waals surface area contributed by atoms with Gasteiger partial charge in [-0.15, -0.1) is 0 Å². The molecule has 2 saturated carbocycles. The first kappa shape index (κ1) is 17.2. The molecule has 25 heavy (non-hydrogen) atoms. The van der Waals surface area contributed by atoms with Crippen LogP contribution in [0.25, 0.3) is 0 Å². The molecule has 7 heteroatoms. The Morgan fingerprint density at radius 1 is 1.08 bits per heavy atom. The van der Waals surface area contributed by atoms with Crippen LogP contribution in [0.5, 0.6) is 0 Å². The van der Waals surface area contributed by atoms with E-state index in [-0.39, 0.29) is 0 Å². The van der Waals surface area contributed by atoms with Gasteiger partial charge in [0.05, 0.1) is 4.90 Å². The summed E-state index contributed by atoms with van der Waals surface area (Å²) in [6, 6.07) is 7.40. The molecule has 1 saturated heterocycles. The number of nitrogens with zero attached hydrogens (tertiary/aromatic N) is 1. The summed E-state index contributed by atoms with van der Waals surface area (Å²) in [7, 11) is -3.35. The van der Waals surface area contributed by atoms with E-state index in [2.05, 4.69) is 10.6 Å². The lowest BCUT2D eigenvalue weighted by molar-refractivity contribution is 0.392. The van der Waals surface area contributed by atoms with Crippen molar-refractivity contribution in [3.8, 4) is 0 Å². The number of anilines is 1. The van der Waals surface area contributed by atoms with E-state index in [0.717, 1.165) is 30.4 Å². The van der Waals surface area contributed by atoms with E-state index in [9.17, 15) is 8.42 Å². The fraction of sp³-hybridized carbons (Fsp3) is 0.611. The number of hydrogen-bond donors (Lipinski definition) is 2. The molecule has 0 radical (unpaired) electrons. The molecule has 2 bridgehead atoms. The molecule has 0 amide bonds. The molecule has 1 aromatic rings. The van der Waals surface area contributed by atoms with Crippen LogP contribution < -0.4 is 10.6 Å². The van der Waals surface area contributed by atoms with Crippen molar-refractivity contribution in [3.63, 3.8) is 0 Å². The summed E-state index contributed by atoms with van der Waals surface area (Å²) in [5, 5.41) is 7.26. The molecule has 0 spiro atoms. The van der Waals surface area contributed by atoms with Crippen LogP contribution in [0, 0.1) is 11.8 Å². The third-order valence-corrected chi connectivity index (χ3v) is 8.00. The molecule has 4 rings (SSSR count). The Balaban J connectivity index is 1.36. The molecular formula is C18H25N3O2S2. The second-order valence-electron chi connectivity index (χ2n) is 7.52. The topological polar surface area (TPSA) is 61.4 Å². The van der Waals surface area contributed by atoms with E-state index >= 15 is 0 Å². The van der Waals surface area contributed by atoms with Gasteiger partial charge in [0.15, 0.2) is 5.11 Å². The van der Waals surface area contributed by atoms with Gasteiger partial charge in [0.2, 0.25) is 10.0 Å². The number of sulfonamides is 1. The molecule has 5 nitrogen and oxygen atoms in total. The Bertz CT molecular complexity index is 742. The molecule has 136 valence electrons. The standard InChI is InChI=1S/C18H25N3O2S2/c22-25(23,21-9-1-2-10-21)16-7-5-15(6-8-16)19-18(24)20-17-12-13-3-4-14(17)11-13/h5-8,13-14,17H,1-4,9-12H2,(H2,19,20,24)/t13-,14-,17+/m1/s1. The van der Waals surface area contributed by atoms with Gasteiger partial charge in [0.1, 0.15) is 0 Å². The summed E-state index contributed by atoms with van der Waals surface area (Å²) in [6.45, 7) is 1.25. The van der Waals surface area contributed by atoms with E-state index in [1.807, 2.05) is 0 Å². The molecule has 1 heterocycles. The zero-order valence-corrected chi connectivity index (χ0v) is 15.9. The fourth-order valence-electron chi connectivity index (χ4n) is 4.54. The van der Waals surface area contributed by atoms with Crippen LogP contribution in [0.1, 0.15) is 38.5 Å². The quantitative estimate of drug-likeness (QED) is 0.788. The van der Waals surface area contributed by atoms with Crippen LogP contribution in [0.15, 0.2) is 29.2 Å². The maximum atomic E-state index is 12.5. The van der Waals surface area contributed by atoms with E-state index in [1.165, 1.54) is 25.7 Å². The van der Waals surface area contributed by atoms with E-state index in [1.54, 1.807) is 28.6 Å². The highest BCUT2D eigenvalue weighted by atomic mass is 32.2. The van der Waals surface area contributed by atoms with Crippen molar-refractivity contribution in [2.45, 2.75) is 49.5 Å². The van der Waals surface area contributed by atoms with Crippen LogP contribution in [0.3, 0.4) is 0 Å². The SMILES string of the molecule is O=S(=O)(c1ccc(NC(=S)N[C@H]2C[C@@H]3CC[C@@H]2C3)cc1)N1CCCC1. The highest BCUT2D eigenvalue weighted by molar-refractivity contribution is 7.89.